The largest absolute Gasteiger partial charge is 0.348 e. The van der Waals surface area contributed by atoms with Gasteiger partial charge >= 0.3 is 0 Å². The summed E-state index contributed by atoms with van der Waals surface area (Å²) in [6, 6.07) is 13.9. The zero-order chi connectivity index (χ0) is 14.4. The van der Waals surface area contributed by atoms with Gasteiger partial charge in [0, 0.05) is 12.6 Å². The number of carbonyl (C=O) groups is 1. The summed E-state index contributed by atoms with van der Waals surface area (Å²) in [5.41, 5.74) is 1.70. The van der Waals surface area contributed by atoms with E-state index in [9.17, 15) is 9.18 Å². The van der Waals surface area contributed by atoms with E-state index in [1.807, 2.05) is 30.3 Å². The van der Waals surface area contributed by atoms with Crippen LogP contribution in [0.3, 0.4) is 0 Å². The second-order valence-corrected chi connectivity index (χ2v) is 4.62. The minimum absolute atomic E-state index is 0.0387. The molecule has 0 aromatic heterocycles. The molecule has 0 spiro atoms. The van der Waals surface area contributed by atoms with Gasteiger partial charge in [0.2, 0.25) is 5.91 Å². The average molecular weight is 290 g/mol. The summed E-state index contributed by atoms with van der Waals surface area (Å²) in [6.07, 6.45) is 2.98. The van der Waals surface area contributed by atoms with Gasteiger partial charge in [0.05, 0.1) is 5.02 Å². The molecule has 0 aliphatic carbocycles. The van der Waals surface area contributed by atoms with Crippen molar-refractivity contribution in [1.82, 2.24) is 5.32 Å². The SMILES string of the molecule is O=C(/C=C/c1ccc(F)c(Cl)c1)NCc1ccccc1. The van der Waals surface area contributed by atoms with Crippen molar-refractivity contribution in [3.05, 3.63) is 76.6 Å². The molecule has 0 fully saturated rings. The molecule has 1 N–H and O–H groups in total. The predicted octanol–water partition coefficient (Wildman–Crippen LogP) is 3.81. The first-order valence-electron chi connectivity index (χ1n) is 6.10. The van der Waals surface area contributed by atoms with Gasteiger partial charge in [-0.3, -0.25) is 4.79 Å². The zero-order valence-electron chi connectivity index (χ0n) is 10.6. The summed E-state index contributed by atoms with van der Waals surface area (Å²) < 4.78 is 13.0. The topological polar surface area (TPSA) is 29.1 Å². The fourth-order valence-electron chi connectivity index (χ4n) is 1.63. The number of benzene rings is 2. The number of carbonyl (C=O) groups excluding carboxylic acids is 1. The molecule has 1 amide bonds. The molecule has 2 rings (SSSR count). The highest BCUT2D eigenvalue weighted by Gasteiger charge is 2.00. The third-order valence-corrected chi connectivity index (χ3v) is 2.97. The van der Waals surface area contributed by atoms with Crippen LogP contribution < -0.4 is 5.32 Å². The first-order valence-corrected chi connectivity index (χ1v) is 6.48. The summed E-state index contributed by atoms with van der Waals surface area (Å²) in [6.45, 7) is 0.466. The van der Waals surface area contributed by atoms with E-state index in [0.29, 0.717) is 12.1 Å². The Bertz CT molecular complexity index is 626. The third-order valence-electron chi connectivity index (χ3n) is 2.68. The van der Waals surface area contributed by atoms with Crippen molar-refractivity contribution in [1.29, 1.82) is 0 Å². The van der Waals surface area contributed by atoms with E-state index in [1.165, 1.54) is 18.2 Å². The monoisotopic (exact) mass is 289 g/mol. The van der Waals surface area contributed by atoms with Crippen molar-refractivity contribution >= 4 is 23.6 Å². The Kier molecular flexibility index (Phi) is 4.91. The maximum absolute atomic E-state index is 13.0. The zero-order valence-corrected chi connectivity index (χ0v) is 11.4. The standard InChI is InChI=1S/C16H13ClFNO/c17-14-10-12(6-8-15(14)18)7-9-16(20)19-11-13-4-2-1-3-5-13/h1-10H,11H2,(H,19,20)/b9-7+. The molecule has 0 saturated heterocycles. The molecule has 2 aromatic carbocycles. The van der Waals surface area contributed by atoms with Crippen LogP contribution in [-0.4, -0.2) is 5.91 Å². The van der Waals surface area contributed by atoms with Crippen molar-refractivity contribution in [2.24, 2.45) is 0 Å². The Morgan fingerprint density at radius 1 is 1.20 bits per heavy atom. The van der Waals surface area contributed by atoms with E-state index in [0.717, 1.165) is 5.56 Å². The van der Waals surface area contributed by atoms with E-state index in [-0.39, 0.29) is 10.9 Å². The molecule has 4 heteroatoms. The summed E-state index contributed by atoms with van der Waals surface area (Å²) in [7, 11) is 0. The number of rotatable bonds is 4. The van der Waals surface area contributed by atoms with Crippen LogP contribution in [0.5, 0.6) is 0 Å². The Balaban J connectivity index is 1.90. The summed E-state index contributed by atoms with van der Waals surface area (Å²) in [5.74, 6) is -0.688. The maximum Gasteiger partial charge on any atom is 0.244 e. The second-order valence-electron chi connectivity index (χ2n) is 4.21. The van der Waals surface area contributed by atoms with Crippen LogP contribution in [0.15, 0.2) is 54.6 Å². The molecule has 102 valence electrons. The number of amides is 1. The second kappa shape index (κ2) is 6.87. The lowest BCUT2D eigenvalue weighted by Gasteiger charge is -2.02. The first kappa shape index (κ1) is 14.3. The molecule has 2 nitrogen and oxygen atoms in total. The lowest BCUT2D eigenvalue weighted by molar-refractivity contribution is -0.116. The fourth-order valence-corrected chi connectivity index (χ4v) is 1.82. The summed E-state index contributed by atoms with van der Waals surface area (Å²) >= 11 is 5.66. The van der Waals surface area contributed by atoms with Gasteiger partial charge in [-0.25, -0.2) is 4.39 Å². The smallest absolute Gasteiger partial charge is 0.244 e. The average Bonchev–Trinajstić information content (AvgIpc) is 2.47. The molecule has 0 saturated carbocycles. The lowest BCUT2D eigenvalue weighted by Crippen LogP contribution is -2.20. The Labute approximate surface area is 121 Å². The highest BCUT2D eigenvalue weighted by molar-refractivity contribution is 6.30. The highest BCUT2D eigenvalue weighted by atomic mass is 35.5. The minimum atomic E-state index is -0.475. The Hall–Kier alpha value is -2.13. The molecule has 0 unspecified atom stereocenters. The summed E-state index contributed by atoms with van der Waals surface area (Å²) in [4.78, 5) is 11.6. The molecule has 20 heavy (non-hydrogen) atoms. The van der Waals surface area contributed by atoms with E-state index < -0.39 is 5.82 Å². The predicted molar refractivity (Wildman–Crippen MR) is 78.7 cm³/mol. The van der Waals surface area contributed by atoms with Gasteiger partial charge in [0.25, 0.3) is 0 Å². The molecule has 0 aliphatic rings. The first-order chi connectivity index (χ1) is 9.65. The Morgan fingerprint density at radius 3 is 2.65 bits per heavy atom. The van der Waals surface area contributed by atoms with Gasteiger partial charge in [-0.2, -0.15) is 0 Å². The molecule has 0 atom stereocenters. The van der Waals surface area contributed by atoms with Crippen molar-refractivity contribution in [3.8, 4) is 0 Å². The van der Waals surface area contributed by atoms with Gasteiger partial charge in [-0.15, -0.1) is 0 Å². The van der Waals surface area contributed by atoms with E-state index in [1.54, 1.807) is 12.1 Å². The van der Waals surface area contributed by atoms with Gasteiger partial charge < -0.3 is 5.32 Å². The number of nitrogens with one attached hydrogen (secondary N) is 1. The number of hydrogen-bond donors (Lipinski definition) is 1. The minimum Gasteiger partial charge on any atom is -0.348 e. The van der Waals surface area contributed by atoms with Crippen LogP contribution in [0.2, 0.25) is 5.02 Å². The van der Waals surface area contributed by atoms with Crippen molar-refractivity contribution in [3.63, 3.8) is 0 Å². The summed E-state index contributed by atoms with van der Waals surface area (Å²) in [5, 5.41) is 2.80. The Morgan fingerprint density at radius 2 is 1.95 bits per heavy atom. The molecule has 2 aromatic rings. The number of hydrogen-bond acceptors (Lipinski definition) is 1. The quantitative estimate of drug-likeness (QED) is 0.852. The number of halogens is 2. The van der Waals surface area contributed by atoms with E-state index in [4.69, 9.17) is 11.6 Å². The molecular formula is C16H13ClFNO. The van der Waals surface area contributed by atoms with Gasteiger partial charge in [-0.1, -0.05) is 48.0 Å². The van der Waals surface area contributed by atoms with Crippen LogP contribution in [-0.2, 0) is 11.3 Å². The van der Waals surface area contributed by atoms with Crippen molar-refractivity contribution < 1.29 is 9.18 Å². The lowest BCUT2D eigenvalue weighted by atomic mass is 10.2. The van der Waals surface area contributed by atoms with Crippen LogP contribution >= 0.6 is 11.6 Å². The van der Waals surface area contributed by atoms with Gasteiger partial charge in [0.15, 0.2) is 0 Å². The van der Waals surface area contributed by atoms with Crippen molar-refractivity contribution in [2.45, 2.75) is 6.54 Å². The molecule has 0 radical (unpaired) electrons. The highest BCUT2D eigenvalue weighted by Crippen LogP contribution is 2.16. The molecule has 0 heterocycles. The molecular weight excluding hydrogens is 277 g/mol. The van der Waals surface area contributed by atoms with Crippen LogP contribution in [0, 0.1) is 5.82 Å². The molecule has 0 aliphatic heterocycles. The van der Waals surface area contributed by atoms with Crippen molar-refractivity contribution in [2.75, 3.05) is 0 Å². The maximum atomic E-state index is 13.0. The van der Waals surface area contributed by atoms with Gasteiger partial charge in [0.1, 0.15) is 5.82 Å². The van der Waals surface area contributed by atoms with E-state index >= 15 is 0 Å². The third kappa shape index (κ3) is 4.21. The molecule has 0 bridgehead atoms. The van der Waals surface area contributed by atoms with Crippen LogP contribution in [0.1, 0.15) is 11.1 Å². The fraction of sp³-hybridized carbons (Fsp3) is 0.0625. The van der Waals surface area contributed by atoms with Gasteiger partial charge in [-0.05, 0) is 29.3 Å². The van der Waals surface area contributed by atoms with Crippen LogP contribution in [0.4, 0.5) is 4.39 Å². The van der Waals surface area contributed by atoms with Crippen LogP contribution in [0.25, 0.3) is 6.08 Å². The van der Waals surface area contributed by atoms with E-state index in [2.05, 4.69) is 5.32 Å². The normalized spacial score (nSPS) is 10.7.